The second-order valence-corrected chi connectivity index (χ2v) is 9.06. The zero-order chi connectivity index (χ0) is 24.6. The van der Waals surface area contributed by atoms with Crippen LogP contribution in [-0.4, -0.2) is 23.1 Å². The molecule has 0 atom stereocenters. The number of carbonyl (C=O) groups excluding carboxylic acids is 4. The molecular formula is C30H22CuO4. The summed E-state index contributed by atoms with van der Waals surface area (Å²) in [5.74, 6) is -1.81. The van der Waals surface area contributed by atoms with E-state index in [0.29, 0.717) is 22.3 Å². The van der Waals surface area contributed by atoms with Gasteiger partial charge in [0.25, 0.3) is 0 Å². The van der Waals surface area contributed by atoms with Crippen molar-refractivity contribution in [2.45, 2.75) is 9.63 Å². The molecule has 0 bridgehead atoms. The summed E-state index contributed by atoms with van der Waals surface area (Å²) in [4.78, 5) is 51.6. The van der Waals surface area contributed by atoms with Gasteiger partial charge in [0.1, 0.15) is 0 Å². The first-order chi connectivity index (χ1) is 17.1. The Morgan fingerprint density at radius 2 is 0.571 bits per heavy atom. The Morgan fingerprint density at radius 1 is 0.371 bits per heavy atom. The average Bonchev–Trinajstić information content (AvgIpc) is 2.94. The zero-order valence-corrected chi connectivity index (χ0v) is 19.6. The van der Waals surface area contributed by atoms with Gasteiger partial charge in [0, 0.05) is 0 Å². The molecule has 4 aromatic carbocycles. The molecule has 0 aromatic heterocycles. The fourth-order valence-electron chi connectivity index (χ4n) is 3.47. The molecule has 4 rings (SSSR count). The number of ketones is 4. The third-order valence-corrected chi connectivity index (χ3v) is 6.89. The van der Waals surface area contributed by atoms with Gasteiger partial charge in [-0.15, -0.1) is 0 Å². The Balaban J connectivity index is 1.77. The van der Waals surface area contributed by atoms with Crippen LogP contribution in [0.15, 0.2) is 121 Å². The van der Waals surface area contributed by atoms with Crippen LogP contribution >= 0.6 is 0 Å². The van der Waals surface area contributed by atoms with Crippen molar-refractivity contribution in [1.29, 1.82) is 0 Å². The SMILES string of the molecule is O=C(c1ccccc1)[CH]([Cu][CH](C(=O)c1ccccc1)C(=O)c1ccccc1)C(=O)c1ccccc1. The van der Waals surface area contributed by atoms with Gasteiger partial charge in [-0.25, -0.2) is 0 Å². The predicted octanol–water partition coefficient (Wildman–Crippen LogP) is 6.18. The Hall–Kier alpha value is -3.92. The molecule has 0 unspecified atom stereocenters. The van der Waals surface area contributed by atoms with Crippen molar-refractivity contribution in [2.75, 3.05) is 0 Å². The summed E-state index contributed by atoms with van der Waals surface area (Å²) in [6.45, 7) is 0. The Bertz CT molecular complexity index is 1110. The molecule has 5 heteroatoms. The van der Waals surface area contributed by atoms with Crippen LogP contribution in [0, 0.1) is 0 Å². The number of hydrogen-bond donors (Lipinski definition) is 0. The predicted molar refractivity (Wildman–Crippen MR) is 131 cm³/mol. The van der Waals surface area contributed by atoms with Crippen LogP contribution in [0.3, 0.4) is 0 Å². The topological polar surface area (TPSA) is 68.3 Å². The molecule has 4 nitrogen and oxygen atoms in total. The molecule has 0 saturated heterocycles. The van der Waals surface area contributed by atoms with Crippen LogP contribution in [0.5, 0.6) is 0 Å². The van der Waals surface area contributed by atoms with E-state index in [2.05, 4.69) is 0 Å². The van der Waals surface area contributed by atoms with Crippen LogP contribution in [0.1, 0.15) is 41.4 Å². The van der Waals surface area contributed by atoms with Gasteiger partial charge in [-0.2, -0.15) is 0 Å². The van der Waals surface area contributed by atoms with Crippen LogP contribution in [0.25, 0.3) is 0 Å². The molecule has 0 saturated carbocycles. The third kappa shape index (κ3) is 5.78. The van der Waals surface area contributed by atoms with E-state index < -0.39 is 32.8 Å². The van der Waals surface area contributed by atoms with Gasteiger partial charge in [0.15, 0.2) is 0 Å². The Kier molecular flexibility index (Phi) is 7.94. The van der Waals surface area contributed by atoms with E-state index in [9.17, 15) is 19.2 Å². The van der Waals surface area contributed by atoms with E-state index in [0.717, 1.165) is 15.0 Å². The molecule has 0 heterocycles. The molecule has 0 fully saturated rings. The number of Topliss-reactive ketones (excluding diaryl/α,β-unsaturated/α-hetero) is 4. The van der Waals surface area contributed by atoms with E-state index in [-0.39, 0.29) is 0 Å². The molecule has 0 aliphatic rings. The summed E-state index contributed by atoms with van der Waals surface area (Å²) < 4.78 is 0. The number of rotatable bonds is 10. The quantitative estimate of drug-likeness (QED) is 0.145. The first-order valence-electron chi connectivity index (χ1n) is 11.0. The van der Waals surface area contributed by atoms with E-state index in [4.69, 9.17) is 0 Å². The molecule has 0 spiro atoms. The molecule has 0 aliphatic carbocycles. The fourth-order valence-corrected chi connectivity index (χ4v) is 4.98. The molecular weight excluding hydrogens is 488 g/mol. The van der Waals surface area contributed by atoms with Crippen molar-refractivity contribution in [3.05, 3.63) is 144 Å². The summed E-state index contributed by atoms with van der Waals surface area (Å²) >= 11 is 0.931. The minimum atomic E-state index is -1.28. The van der Waals surface area contributed by atoms with Crippen LogP contribution in [0.4, 0.5) is 0 Å². The van der Waals surface area contributed by atoms with E-state index in [1.807, 2.05) is 0 Å². The van der Waals surface area contributed by atoms with Gasteiger partial charge in [0.2, 0.25) is 0 Å². The van der Waals surface area contributed by atoms with Crippen molar-refractivity contribution in [1.82, 2.24) is 0 Å². The standard InChI is InChI=1S/2C15H11O2.Cu/c2*16-14(12-7-3-1-4-8-12)11-15(17)13-9-5-2-6-10-13;/h2*1-11H;. The maximum absolute atomic E-state index is 13.5. The van der Waals surface area contributed by atoms with Gasteiger partial charge in [0.05, 0.1) is 0 Å². The molecule has 0 radical (unpaired) electrons. The normalized spacial score (nSPS) is 10.9. The minimum absolute atomic E-state index is 0.338. The number of benzene rings is 4. The summed E-state index contributed by atoms with van der Waals surface area (Å²) in [6.07, 6.45) is 0. The zero-order valence-electron chi connectivity index (χ0n) is 18.6. The van der Waals surface area contributed by atoms with Gasteiger partial charge in [-0.05, 0) is 0 Å². The van der Waals surface area contributed by atoms with Crippen molar-refractivity contribution < 1.29 is 34.1 Å². The van der Waals surface area contributed by atoms with E-state index in [1.165, 1.54) is 0 Å². The Labute approximate surface area is 210 Å². The number of carbonyl (C=O) groups is 4. The van der Waals surface area contributed by atoms with Crippen LogP contribution in [0.2, 0.25) is 9.63 Å². The molecule has 35 heavy (non-hydrogen) atoms. The molecule has 0 amide bonds. The molecule has 4 aromatic rings. The first kappa shape index (κ1) is 24.2. The third-order valence-electron chi connectivity index (χ3n) is 5.27. The van der Waals surface area contributed by atoms with Crippen LogP contribution < -0.4 is 0 Å². The van der Waals surface area contributed by atoms with E-state index >= 15 is 0 Å². The van der Waals surface area contributed by atoms with Gasteiger partial charge >= 0.3 is 210 Å². The molecule has 177 valence electrons. The maximum atomic E-state index is 13.5. The van der Waals surface area contributed by atoms with Crippen molar-refractivity contribution in [2.24, 2.45) is 0 Å². The summed E-state index contributed by atoms with van der Waals surface area (Å²) in [5.41, 5.74) is 1.35. The number of hydrogen-bond acceptors (Lipinski definition) is 4. The molecule has 0 aliphatic heterocycles. The first-order valence-corrected chi connectivity index (χ1v) is 12.0. The average molecular weight is 510 g/mol. The van der Waals surface area contributed by atoms with Gasteiger partial charge in [-0.1, -0.05) is 0 Å². The van der Waals surface area contributed by atoms with Gasteiger partial charge in [-0.3, -0.25) is 0 Å². The second kappa shape index (κ2) is 11.5. The van der Waals surface area contributed by atoms with Crippen LogP contribution in [-0.2, 0) is 15.0 Å². The summed E-state index contributed by atoms with van der Waals surface area (Å²) in [7, 11) is 0. The van der Waals surface area contributed by atoms with Gasteiger partial charge < -0.3 is 0 Å². The fraction of sp³-hybridized carbons (Fsp3) is 0.0667. The molecule has 0 N–H and O–H groups in total. The van der Waals surface area contributed by atoms with Crippen molar-refractivity contribution in [3.8, 4) is 0 Å². The summed E-state index contributed by atoms with van der Waals surface area (Å²) in [6, 6.07) is 33.8. The Morgan fingerprint density at radius 3 is 0.771 bits per heavy atom. The van der Waals surface area contributed by atoms with Crippen molar-refractivity contribution in [3.63, 3.8) is 0 Å². The van der Waals surface area contributed by atoms with Crippen molar-refractivity contribution >= 4 is 23.1 Å². The van der Waals surface area contributed by atoms with E-state index in [1.54, 1.807) is 121 Å². The summed E-state index contributed by atoms with van der Waals surface area (Å²) in [5, 5.41) is 0. The monoisotopic (exact) mass is 509 g/mol. The second-order valence-electron chi connectivity index (χ2n) is 7.66.